The average Bonchev–Trinajstić information content (AvgIpc) is 2.34. The van der Waals surface area contributed by atoms with E-state index < -0.39 is 0 Å². The van der Waals surface area contributed by atoms with Gasteiger partial charge in [-0.1, -0.05) is 0 Å². The summed E-state index contributed by atoms with van der Waals surface area (Å²) in [6.45, 7) is 0.710. The van der Waals surface area contributed by atoms with Crippen LogP contribution in [0.4, 0.5) is 0 Å². The van der Waals surface area contributed by atoms with Crippen LogP contribution in [0, 0.1) is 0 Å². The smallest absolute Gasteiger partial charge is 0.271 e. The highest BCUT2D eigenvalue weighted by Crippen LogP contribution is 2.06. The summed E-state index contributed by atoms with van der Waals surface area (Å²) in [4.78, 5) is 12.0. The van der Waals surface area contributed by atoms with Gasteiger partial charge in [0.1, 0.15) is 5.76 Å². The Morgan fingerprint density at radius 1 is 1.55 bits per heavy atom. The molecule has 1 rings (SSSR count). The number of carbonyl (C=O) groups excluding carboxylic acids is 1. The van der Waals surface area contributed by atoms with Crippen molar-refractivity contribution in [1.82, 2.24) is 4.90 Å². The normalized spacial score (nSPS) is 10.5. The van der Waals surface area contributed by atoms with Gasteiger partial charge in [-0.05, 0) is 26.2 Å². The maximum absolute atomic E-state index is 10.1. The second-order valence-electron chi connectivity index (χ2n) is 2.61. The quantitative estimate of drug-likeness (QED) is 0.642. The Bertz CT molecular complexity index is 240. The lowest BCUT2D eigenvalue weighted by molar-refractivity contribution is 0.348. The molecule has 3 heteroatoms. The summed E-state index contributed by atoms with van der Waals surface area (Å²) in [7, 11) is 3.87. The van der Waals surface area contributed by atoms with Crippen LogP contribution in [0.2, 0.25) is 0 Å². The summed E-state index contributed by atoms with van der Waals surface area (Å²) in [6, 6.07) is 3.39. The van der Waals surface area contributed by atoms with Crippen molar-refractivity contribution in [2.24, 2.45) is 0 Å². The lowest BCUT2D eigenvalue weighted by atomic mass is 10.4. The largest absolute Gasteiger partial charge is 0.456 e. The maximum atomic E-state index is 10.1. The van der Waals surface area contributed by atoms with Gasteiger partial charge < -0.3 is 9.32 Å². The fraction of sp³-hybridized carbons (Fsp3) is 0.375. The zero-order chi connectivity index (χ0) is 8.27. The van der Waals surface area contributed by atoms with E-state index in [9.17, 15) is 4.79 Å². The van der Waals surface area contributed by atoms with Crippen LogP contribution in [0.1, 0.15) is 11.5 Å². The molecule has 1 aromatic heterocycles. The van der Waals surface area contributed by atoms with E-state index in [4.69, 9.17) is 4.42 Å². The van der Waals surface area contributed by atoms with Gasteiger partial charge in [-0.15, -0.1) is 0 Å². The predicted molar refractivity (Wildman–Crippen MR) is 40.9 cm³/mol. The molecular formula is C8H10NO2. The molecule has 1 heterocycles. The van der Waals surface area contributed by atoms with Gasteiger partial charge in [0, 0.05) is 0 Å². The van der Waals surface area contributed by atoms with Crippen LogP contribution in [-0.2, 0) is 11.3 Å². The Balaban J connectivity index is 2.65. The molecule has 0 spiro atoms. The number of hydrogen-bond donors (Lipinski definition) is 0. The predicted octanol–water partition coefficient (Wildman–Crippen LogP) is 0.799. The number of furan rings is 1. The van der Waals surface area contributed by atoms with Crippen molar-refractivity contribution in [3.8, 4) is 0 Å². The van der Waals surface area contributed by atoms with Crippen LogP contribution in [0.5, 0.6) is 0 Å². The molecule has 0 saturated carbocycles. The molecule has 1 aromatic rings. The molecular weight excluding hydrogens is 142 g/mol. The monoisotopic (exact) mass is 152 g/mol. The molecule has 3 nitrogen and oxygen atoms in total. The van der Waals surface area contributed by atoms with E-state index in [1.807, 2.05) is 19.0 Å². The zero-order valence-corrected chi connectivity index (χ0v) is 6.63. The van der Waals surface area contributed by atoms with Gasteiger partial charge in [0.2, 0.25) is 0 Å². The van der Waals surface area contributed by atoms with Crippen LogP contribution in [0.25, 0.3) is 0 Å². The molecule has 0 N–H and O–H groups in total. The van der Waals surface area contributed by atoms with Gasteiger partial charge in [-0.25, -0.2) is 0 Å². The van der Waals surface area contributed by atoms with E-state index in [0.717, 1.165) is 5.76 Å². The van der Waals surface area contributed by atoms with Gasteiger partial charge in [0.15, 0.2) is 5.76 Å². The van der Waals surface area contributed by atoms with Gasteiger partial charge in [0.25, 0.3) is 6.29 Å². The van der Waals surface area contributed by atoms with E-state index >= 15 is 0 Å². The Kier molecular flexibility index (Phi) is 2.44. The summed E-state index contributed by atoms with van der Waals surface area (Å²) >= 11 is 0. The minimum atomic E-state index is 0.266. The third kappa shape index (κ3) is 2.20. The highest BCUT2D eigenvalue weighted by Gasteiger charge is 2.01. The van der Waals surface area contributed by atoms with E-state index in [0.29, 0.717) is 6.54 Å². The first-order valence-corrected chi connectivity index (χ1v) is 3.34. The van der Waals surface area contributed by atoms with Crippen LogP contribution in [0.15, 0.2) is 16.5 Å². The molecule has 59 valence electrons. The van der Waals surface area contributed by atoms with Crippen molar-refractivity contribution >= 4 is 6.29 Å². The first-order valence-electron chi connectivity index (χ1n) is 3.34. The van der Waals surface area contributed by atoms with Crippen molar-refractivity contribution in [1.29, 1.82) is 0 Å². The fourth-order valence-electron chi connectivity index (χ4n) is 0.829. The van der Waals surface area contributed by atoms with E-state index in [2.05, 4.69) is 0 Å². The lowest BCUT2D eigenvalue weighted by Gasteiger charge is -2.04. The van der Waals surface area contributed by atoms with E-state index in [1.54, 1.807) is 18.4 Å². The lowest BCUT2D eigenvalue weighted by Crippen LogP contribution is -2.09. The minimum Gasteiger partial charge on any atom is -0.456 e. The average molecular weight is 152 g/mol. The number of hydrogen-bond acceptors (Lipinski definition) is 3. The van der Waals surface area contributed by atoms with Gasteiger partial charge >= 0.3 is 0 Å². The van der Waals surface area contributed by atoms with E-state index in [-0.39, 0.29) is 5.76 Å². The second kappa shape index (κ2) is 3.34. The van der Waals surface area contributed by atoms with Crippen molar-refractivity contribution in [3.63, 3.8) is 0 Å². The Morgan fingerprint density at radius 2 is 2.27 bits per heavy atom. The molecule has 0 unspecified atom stereocenters. The van der Waals surface area contributed by atoms with Crippen LogP contribution in [-0.4, -0.2) is 25.3 Å². The summed E-state index contributed by atoms with van der Waals surface area (Å²) in [5.74, 6) is 1.05. The number of rotatable bonds is 3. The first-order chi connectivity index (χ1) is 5.22. The first kappa shape index (κ1) is 8.01. The van der Waals surface area contributed by atoms with Crippen LogP contribution >= 0.6 is 0 Å². The van der Waals surface area contributed by atoms with Crippen molar-refractivity contribution in [3.05, 3.63) is 23.7 Å². The molecule has 0 aliphatic rings. The standard InChI is InChI=1S/C8H10NO2/c1-9(2)5-7-3-4-8(6-10)11-7/h3-4H,5H2,1-2H3. The highest BCUT2D eigenvalue weighted by molar-refractivity contribution is 5.70. The van der Waals surface area contributed by atoms with Crippen LogP contribution < -0.4 is 0 Å². The molecule has 0 fully saturated rings. The molecule has 1 radical (unpaired) electrons. The molecule has 0 aliphatic heterocycles. The van der Waals surface area contributed by atoms with Crippen molar-refractivity contribution in [2.45, 2.75) is 6.54 Å². The molecule has 0 bridgehead atoms. The van der Waals surface area contributed by atoms with Crippen molar-refractivity contribution < 1.29 is 9.21 Å². The fourth-order valence-corrected chi connectivity index (χ4v) is 0.829. The Hall–Kier alpha value is -1.09. The summed E-state index contributed by atoms with van der Waals surface area (Å²) in [5, 5.41) is 0. The Labute approximate surface area is 65.6 Å². The zero-order valence-electron chi connectivity index (χ0n) is 6.63. The third-order valence-electron chi connectivity index (χ3n) is 1.23. The van der Waals surface area contributed by atoms with E-state index in [1.165, 1.54) is 0 Å². The highest BCUT2D eigenvalue weighted by atomic mass is 16.3. The van der Waals surface area contributed by atoms with Crippen molar-refractivity contribution in [2.75, 3.05) is 14.1 Å². The summed E-state index contributed by atoms with van der Waals surface area (Å²) < 4.78 is 5.08. The van der Waals surface area contributed by atoms with Crippen LogP contribution in [0.3, 0.4) is 0 Å². The maximum Gasteiger partial charge on any atom is 0.271 e. The SMILES string of the molecule is CN(C)Cc1ccc([C]=O)o1. The summed E-state index contributed by atoms with van der Waals surface area (Å²) in [6.07, 6.45) is 1.69. The molecule has 0 atom stereocenters. The Morgan fingerprint density at radius 3 is 2.73 bits per heavy atom. The van der Waals surface area contributed by atoms with Gasteiger partial charge in [0.05, 0.1) is 6.54 Å². The van der Waals surface area contributed by atoms with Gasteiger partial charge in [-0.3, -0.25) is 4.79 Å². The molecule has 11 heavy (non-hydrogen) atoms. The molecule has 0 aromatic carbocycles. The minimum absolute atomic E-state index is 0.266. The topological polar surface area (TPSA) is 33.5 Å². The number of nitrogens with zero attached hydrogens (tertiary/aromatic N) is 1. The second-order valence-corrected chi connectivity index (χ2v) is 2.61. The molecule has 0 amide bonds. The molecule has 0 aliphatic carbocycles. The summed E-state index contributed by atoms with van der Waals surface area (Å²) in [5.41, 5.74) is 0. The third-order valence-corrected chi connectivity index (χ3v) is 1.23. The van der Waals surface area contributed by atoms with Gasteiger partial charge in [-0.2, -0.15) is 0 Å². The molecule has 0 saturated heterocycles.